The molecule has 1 aromatic carbocycles. The maximum atomic E-state index is 6.49. The highest BCUT2D eigenvalue weighted by Crippen LogP contribution is 2.22. The van der Waals surface area contributed by atoms with E-state index in [9.17, 15) is 0 Å². The average Bonchev–Trinajstić information content (AvgIpc) is 3.14. The number of ether oxygens (including phenoxy) is 1. The van der Waals surface area contributed by atoms with Gasteiger partial charge < -0.3 is 4.74 Å². The zero-order valence-electron chi connectivity index (χ0n) is 16.3. The minimum absolute atomic E-state index is 0.392. The summed E-state index contributed by atoms with van der Waals surface area (Å²) in [6.45, 7) is 9.46. The fourth-order valence-electron chi connectivity index (χ4n) is 2.75. The van der Waals surface area contributed by atoms with Gasteiger partial charge in [-0.25, -0.2) is 5.10 Å². The number of nitrogens with one attached hydrogen (secondary N) is 1. The van der Waals surface area contributed by atoms with Crippen molar-refractivity contribution < 1.29 is 4.74 Å². The van der Waals surface area contributed by atoms with Crippen LogP contribution < -0.4 is 4.74 Å². The van der Waals surface area contributed by atoms with E-state index in [-0.39, 0.29) is 0 Å². The molecule has 0 unspecified atom stereocenters. The molecule has 0 fully saturated rings. The van der Waals surface area contributed by atoms with Crippen LogP contribution in [0.15, 0.2) is 29.4 Å². The molecule has 0 saturated carbocycles. The molecule has 2 heterocycles. The van der Waals surface area contributed by atoms with Gasteiger partial charge in [-0.1, -0.05) is 25.4 Å². The van der Waals surface area contributed by atoms with Crippen molar-refractivity contribution >= 4 is 30.0 Å². The van der Waals surface area contributed by atoms with Gasteiger partial charge in [0.05, 0.1) is 24.1 Å². The Morgan fingerprint density at radius 2 is 2.04 bits per heavy atom. The molecule has 3 rings (SSSR count). The smallest absolute Gasteiger partial charge is 0.216 e. The van der Waals surface area contributed by atoms with Crippen LogP contribution in [0, 0.1) is 17.6 Å². The van der Waals surface area contributed by atoms with Gasteiger partial charge in [-0.15, -0.1) is 0 Å². The Balaban J connectivity index is 1.93. The number of nitrogens with zero attached hydrogens (tertiary/aromatic N) is 5. The van der Waals surface area contributed by atoms with Gasteiger partial charge in [0.2, 0.25) is 4.77 Å². The lowest BCUT2D eigenvalue weighted by Crippen LogP contribution is -2.06. The van der Waals surface area contributed by atoms with E-state index in [1.54, 1.807) is 15.6 Å². The van der Waals surface area contributed by atoms with Crippen LogP contribution in [-0.4, -0.2) is 37.5 Å². The van der Waals surface area contributed by atoms with Gasteiger partial charge in [-0.05, 0) is 56.2 Å². The Bertz CT molecular complexity index is 1030. The van der Waals surface area contributed by atoms with Crippen molar-refractivity contribution in [3.05, 3.63) is 45.4 Å². The topological polar surface area (TPSA) is 73.0 Å². The molecule has 0 saturated heterocycles. The number of aromatic amines is 1. The predicted molar refractivity (Wildman–Crippen MR) is 114 cm³/mol. The second-order valence-corrected chi connectivity index (χ2v) is 7.48. The summed E-state index contributed by atoms with van der Waals surface area (Å²) in [5, 5.41) is 16.7. The Morgan fingerprint density at radius 3 is 2.68 bits per heavy atom. The Hall–Kier alpha value is -2.45. The zero-order valence-corrected chi connectivity index (χ0v) is 17.9. The highest BCUT2D eigenvalue weighted by molar-refractivity contribution is 7.71. The van der Waals surface area contributed by atoms with E-state index in [1.807, 2.05) is 38.1 Å². The standard InChI is InChI=1S/C19H23ClN6OS/c1-5-27-15-8-6-14(7-9-15)18-22-23-19(28)26(18)21-10-16-13(4)24-25(17(16)20)11-12(2)3/h6-10,12H,5,11H2,1-4H3,(H,23,28)/b21-10-. The molecule has 0 amide bonds. The highest BCUT2D eigenvalue weighted by Gasteiger charge is 2.14. The van der Waals surface area contributed by atoms with Crippen LogP contribution in [0.25, 0.3) is 11.4 Å². The summed E-state index contributed by atoms with van der Waals surface area (Å²) in [6, 6.07) is 7.62. The molecule has 9 heteroatoms. The summed E-state index contributed by atoms with van der Waals surface area (Å²) in [4.78, 5) is 0. The number of halogens is 1. The number of aromatic nitrogens is 5. The first kappa shape index (κ1) is 20.3. The van der Waals surface area contributed by atoms with Crippen LogP contribution in [0.5, 0.6) is 5.75 Å². The maximum Gasteiger partial charge on any atom is 0.216 e. The van der Waals surface area contributed by atoms with E-state index in [1.165, 1.54) is 0 Å². The molecule has 1 N–H and O–H groups in total. The summed E-state index contributed by atoms with van der Waals surface area (Å²) in [5.74, 6) is 1.85. The maximum absolute atomic E-state index is 6.49. The van der Waals surface area contributed by atoms with E-state index >= 15 is 0 Å². The third-order valence-electron chi connectivity index (χ3n) is 4.02. The summed E-state index contributed by atoms with van der Waals surface area (Å²) in [6.07, 6.45) is 1.67. The van der Waals surface area contributed by atoms with Crippen molar-refractivity contribution in [2.24, 2.45) is 11.0 Å². The number of aryl methyl sites for hydroxylation is 1. The molecule has 0 spiro atoms. The quantitative estimate of drug-likeness (QED) is 0.445. The summed E-state index contributed by atoms with van der Waals surface area (Å²) >= 11 is 11.8. The lowest BCUT2D eigenvalue weighted by molar-refractivity contribution is 0.340. The normalized spacial score (nSPS) is 11.6. The first-order valence-electron chi connectivity index (χ1n) is 9.08. The molecule has 28 heavy (non-hydrogen) atoms. The van der Waals surface area contributed by atoms with Gasteiger partial charge in [0.15, 0.2) is 5.82 Å². The second kappa shape index (κ2) is 8.70. The van der Waals surface area contributed by atoms with Crippen LogP contribution in [0.2, 0.25) is 5.15 Å². The number of H-pyrrole nitrogens is 1. The van der Waals surface area contributed by atoms with Crippen LogP contribution >= 0.6 is 23.8 Å². The van der Waals surface area contributed by atoms with Crippen molar-refractivity contribution in [2.75, 3.05) is 6.61 Å². The third kappa shape index (κ3) is 4.34. The monoisotopic (exact) mass is 418 g/mol. The molecule has 3 aromatic rings. The van der Waals surface area contributed by atoms with Crippen LogP contribution in [0.4, 0.5) is 0 Å². The fraction of sp³-hybridized carbons (Fsp3) is 0.368. The summed E-state index contributed by atoms with van der Waals surface area (Å²) in [5.41, 5.74) is 2.45. The molecule has 0 radical (unpaired) electrons. The molecule has 148 valence electrons. The minimum Gasteiger partial charge on any atom is -0.494 e. The van der Waals surface area contributed by atoms with Gasteiger partial charge in [0.25, 0.3) is 0 Å². The summed E-state index contributed by atoms with van der Waals surface area (Å²) in [7, 11) is 0. The van der Waals surface area contributed by atoms with E-state index in [2.05, 4.69) is 34.2 Å². The van der Waals surface area contributed by atoms with Crippen molar-refractivity contribution in [3.8, 4) is 17.1 Å². The van der Waals surface area contributed by atoms with Gasteiger partial charge in [0.1, 0.15) is 10.9 Å². The number of hydrogen-bond donors (Lipinski definition) is 1. The molecular formula is C19H23ClN6OS. The molecule has 0 atom stereocenters. The minimum atomic E-state index is 0.392. The van der Waals surface area contributed by atoms with E-state index in [4.69, 9.17) is 28.6 Å². The largest absolute Gasteiger partial charge is 0.494 e. The van der Waals surface area contributed by atoms with Crippen molar-refractivity contribution in [1.29, 1.82) is 0 Å². The van der Waals surface area contributed by atoms with Crippen molar-refractivity contribution in [3.63, 3.8) is 0 Å². The first-order valence-corrected chi connectivity index (χ1v) is 9.87. The molecule has 0 bridgehead atoms. The SMILES string of the molecule is CCOc1ccc(-c2n[nH]c(=S)n2/N=C\c2c(C)nn(CC(C)C)c2Cl)cc1. The van der Waals surface area contributed by atoms with Crippen molar-refractivity contribution in [2.45, 2.75) is 34.2 Å². The fourth-order valence-corrected chi connectivity index (χ4v) is 3.22. The molecule has 0 aliphatic carbocycles. The molecule has 7 nitrogen and oxygen atoms in total. The van der Waals surface area contributed by atoms with Crippen LogP contribution in [-0.2, 0) is 6.54 Å². The molecule has 0 aliphatic rings. The van der Waals surface area contributed by atoms with Gasteiger partial charge in [0, 0.05) is 12.1 Å². The number of benzene rings is 1. The Labute approximate surface area is 174 Å². The highest BCUT2D eigenvalue weighted by atomic mass is 35.5. The van der Waals surface area contributed by atoms with Gasteiger partial charge >= 0.3 is 0 Å². The lowest BCUT2D eigenvalue weighted by Gasteiger charge is -2.05. The Kier molecular flexibility index (Phi) is 6.31. The Morgan fingerprint density at radius 1 is 1.32 bits per heavy atom. The second-order valence-electron chi connectivity index (χ2n) is 6.73. The predicted octanol–water partition coefficient (Wildman–Crippen LogP) is 4.70. The van der Waals surface area contributed by atoms with Crippen LogP contribution in [0.3, 0.4) is 0 Å². The molecular weight excluding hydrogens is 396 g/mol. The van der Waals surface area contributed by atoms with Gasteiger partial charge in [-0.2, -0.15) is 20.0 Å². The number of hydrogen-bond acceptors (Lipinski definition) is 5. The van der Waals surface area contributed by atoms with Crippen LogP contribution in [0.1, 0.15) is 32.0 Å². The third-order valence-corrected chi connectivity index (χ3v) is 4.69. The number of rotatable bonds is 7. The molecule has 0 aliphatic heterocycles. The lowest BCUT2D eigenvalue weighted by atomic mass is 10.2. The first-order chi connectivity index (χ1) is 13.4. The zero-order chi connectivity index (χ0) is 20.3. The van der Waals surface area contributed by atoms with E-state index in [0.717, 1.165) is 29.1 Å². The van der Waals surface area contributed by atoms with Gasteiger partial charge in [-0.3, -0.25) is 4.68 Å². The molecule has 2 aromatic heterocycles. The van der Waals surface area contributed by atoms with E-state index in [0.29, 0.717) is 28.3 Å². The average molecular weight is 419 g/mol. The van der Waals surface area contributed by atoms with Crippen molar-refractivity contribution in [1.82, 2.24) is 24.7 Å². The van der Waals surface area contributed by atoms with E-state index < -0.39 is 0 Å². The summed E-state index contributed by atoms with van der Waals surface area (Å²) < 4.78 is 9.24.